The molecule has 128 valence electrons. The zero-order chi connectivity index (χ0) is 18.0. The average Bonchev–Trinajstić information content (AvgIpc) is 3.09. The first kappa shape index (κ1) is 15.5. The molecule has 1 aliphatic carbocycles. The number of rotatable bonds is 1. The van der Waals surface area contributed by atoms with E-state index in [1.54, 1.807) is 37.3 Å². The van der Waals surface area contributed by atoms with E-state index in [-0.39, 0.29) is 16.9 Å². The van der Waals surface area contributed by atoms with Gasteiger partial charge in [-0.3, -0.25) is 14.5 Å². The Kier molecular flexibility index (Phi) is 3.21. The second-order valence-corrected chi connectivity index (χ2v) is 7.73. The highest BCUT2D eigenvalue weighted by molar-refractivity contribution is 8.15. The fourth-order valence-corrected chi connectivity index (χ4v) is 4.73. The summed E-state index contributed by atoms with van der Waals surface area (Å²) in [6, 6.07) is 12.7. The molecule has 1 amide bonds. The first-order chi connectivity index (χ1) is 12.6. The van der Waals surface area contributed by atoms with Crippen molar-refractivity contribution in [3.8, 4) is 0 Å². The maximum absolute atomic E-state index is 14.7. The highest BCUT2D eigenvalue weighted by Gasteiger charge is 2.49. The molecule has 0 aromatic heterocycles. The van der Waals surface area contributed by atoms with Gasteiger partial charge in [0.15, 0.2) is 11.0 Å². The predicted octanol–water partition coefficient (Wildman–Crippen LogP) is 3.81. The molecule has 4 nitrogen and oxygen atoms in total. The monoisotopic (exact) mass is 364 g/mol. The van der Waals surface area contributed by atoms with Crippen LogP contribution < -0.4 is 0 Å². The molecule has 0 N–H and O–H groups in total. The van der Waals surface area contributed by atoms with E-state index >= 15 is 0 Å². The number of thioether (sulfide) groups is 1. The third-order valence-corrected chi connectivity index (χ3v) is 5.99. The zero-order valence-electron chi connectivity index (χ0n) is 13.8. The van der Waals surface area contributed by atoms with Gasteiger partial charge in [-0.15, -0.1) is 0 Å². The average molecular weight is 364 g/mol. The number of halogens is 1. The Balaban J connectivity index is 1.79. The van der Waals surface area contributed by atoms with Crippen LogP contribution in [0.25, 0.3) is 5.70 Å². The minimum absolute atomic E-state index is 0.155. The molecule has 0 unspecified atom stereocenters. The van der Waals surface area contributed by atoms with E-state index in [0.717, 1.165) is 5.56 Å². The van der Waals surface area contributed by atoms with Crippen molar-refractivity contribution in [2.75, 3.05) is 0 Å². The maximum Gasteiger partial charge on any atom is 0.242 e. The molecule has 5 rings (SSSR count). The fraction of sp³-hybridized carbons (Fsp3) is 0.150. The molecule has 2 heterocycles. The van der Waals surface area contributed by atoms with Gasteiger partial charge in [-0.25, -0.2) is 9.38 Å². The van der Waals surface area contributed by atoms with E-state index < -0.39 is 11.9 Å². The maximum atomic E-state index is 14.7. The topological polar surface area (TPSA) is 49.7 Å². The summed E-state index contributed by atoms with van der Waals surface area (Å²) < 4.78 is 14.7. The second kappa shape index (κ2) is 5.38. The molecule has 0 bridgehead atoms. The normalized spacial score (nSPS) is 23.8. The van der Waals surface area contributed by atoms with Crippen molar-refractivity contribution in [3.05, 3.63) is 76.6 Å². The van der Waals surface area contributed by atoms with Crippen molar-refractivity contribution in [2.24, 2.45) is 4.99 Å². The number of aliphatic imine (C=N–C) groups is 1. The van der Waals surface area contributed by atoms with Gasteiger partial charge in [-0.05, 0) is 13.0 Å². The van der Waals surface area contributed by atoms with Crippen LogP contribution in [0.15, 0.2) is 59.1 Å². The van der Waals surface area contributed by atoms with Crippen LogP contribution in [0.3, 0.4) is 0 Å². The van der Waals surface area contributed by atoms with Crippen LogP contribution in [0.4, 0.5) is 4.39 Å². The molecule has 1 fully saturated rings. The van der Waals surface area contributed by atoms with Crippen LogP contribution in [-0.2, 0) is 4.79 Å². The summed E-state index contributed by atoms with van der Waals surface area (Å²) in [7, 11) is 0. The molecule has 2 aromatic carbocycles. The van der Waals surface area contributed by atoms with Crippen molar-refractivity contribution in [2.45, 2.75) is 18.2 Å². The number of ketones is 1. The quantitative estimate of drug-likeness (QED) is 0.773. The molecule has 2 atom stereocenters. The minimum atomic E-state index is -0.788. The number of amidine groups is 1. The van der Waals surface area contributed by atoms with Crippen molar-refractivity contribution in [1.29, 1.82) is 0 Å². The van der Waals surface area contributed by atoms with Gasteiger partial charge >= 0.3 is 0 Å². The standard InChI is InChI=1S/C20H13FN2O2S/c1-10-19(25)23-17(13-8-4-5-9-14(13)21)15-16(22-20(23)26-10)11-6-2-3-7-12(11)18(15)24/h2-10,17H,1H3/t10-,17-/m1/s1. The number of benzene rings is 2. The first-order valence-corrected chi connectivity index (χ1v) is 9.17. The van der Waals surface area contributed by atoms with Gasteiger partial charge in [0.2, 0.25) is 5.91 Å². The van der Waals surface area contributed by atoms with Crippen LogP contribution in [0.2, 0.25) is 0 Å². The second-order valence-electron chi connectivity index (χ2n) is 6.42. The van der Waals surface area contributed by atoms with E-state index in [4.69, 9.17) is 0 Å². The Labute approximate surface area is 153 Å². The van der Waals surface area contributed by atoms with Gasteiger partial charge < -0.3 is 0 Å². The highest BCUT2D eigenvalue weighted by atomic mass is 32.2. The smallest absolute Gasteiger partial charge is 0.242 e. The van der Waals surface area contributed by atoms with Gasteiger partial charge in [0.05, 0.1) is 22.6 Å². The Hall–Kier alpha value is -2.73. The number of carbonyl (C=O) groups is 2. The molecular formula is C20H13FN2O2S. The number of hydrogen-bond acceptors (Lipinski definition) is 4. The summed E-state index contributed by atoms with van der Waals surface area (Å²) >= 11 is 1.35. The van der Waals surface area contributed by atoms with Gasteiger partial charge in [-0.2, -0.15) is 0 Å². The summed E-state index contributed by atoms with van der Waals surface area (Å²) in [5.41, 5.74) is 2.54. The molecule has 2 aromatic rings. The molecule has 0 radical (unpaired) electrons. The van der Waals surface area contributed by atoms with E-state index in [2.05, 4.69) is 4.99 Å². The molecule has 0 spiro atoms. The molecule has 1 saturated heterocycles. The third kappa shape index (κ3) is 1.93. The van der Waals surface area contributed by atoms with Gasteiger partial charge in [0.25, 0.3) is 0 Å². The minimum Gasteiger partial charge on any atom is -0.289 e. The van der Waals surface area contributed by atoms with E-state index in [1.165, 1.54) is 22.7 Å². The van der Waals surface area contributed by atoms with Crippen molar-refractivity contribution < 1.29 is 14.0 Å². The van der Waals surface area contributed by atoms with Crippen molar-refractivity contribution in [3.63, 3.8) is 0 Å². The van der Waals surface area contributed by atoms with Crippen LogP contribution in [0.1, 0.15) is 34.5 Å². The Bertz CT molecular complexity index is 1060. The number of nitrogens with zero attached hydrogens (tertiary/aromatic N) is 2. The lowest BCUT2D eigenvalue weighted by Gasteiger charge is -2.32. The lowest BCUT2D eigenvalue weighted by atomic mass is 9.92. The van der Waals surface area contributed by atoms with E-state index in [1.807, 2.05) is 12.1 Å². The van der Waals surface area contributed by atoms with Crippen molar-refractivity contribution in [1.82, 2.24) is 4.90 Å². The van der Waals surface area contributed by atoms with E-state index in [0.29, 0.717) is 27.6 Å². The van der Waals surface area contributed by atoms with Crippen molar-refractivity contribution >= 4 is 34.3 Å². The Morgan fingerprint density at radius 3 is 2.50 bits per heavy atom. The summed E-state index contributed by atoms with van der Waals surface area (Å²) in [4.78, 5) is 32.0. The molecule has 6 heteroatoms. The Morgan fingerprint density at radius 2 is 1.73 bits per heavy atom. The summed E-state index contributed by atoms with van der Waals surface area (Å²) in [5, 5.41) is 0.215. The van der Waals surface area contributed by atoms with Crippen LogP contribution >= 0.6 is 11.8 Å². The summed E-state index contributed by atoms with van der Waals surface area (Å²) in [6.45, 7) is 1.80. The SMILES string of the molecule is C[C@H]1SC2=NC3=C(C(=O)c4ccccc43)[C@@H](c3ccccc3F)N2C1=O. The number of hydrogen-bond donors (Lipinski definition) is 0. The van der Waals surface area contributed by atoms with E-state index in [9.17, 15) is 14.0 Å². The van der Waals surface area contributed by atoms with Gasteiger partial charge in [0.1, 0.15) is 5.82 Å². The van der Waals surface area contributed by atoms with Crippen LogP contribution in [0, 0.1) is 5.82 Å². The lowest BCUT2D eigenvalue weighted by Crippen LogP contribution is -2.39. The lowest BCUT2D eigenvalue weighted by molar-refractivity contribution is -0.127. The molecule has 0 saturated carbocycles. The summed E-state index contributed by atoms with van der Waals surface area (Å²) in [6.07, 6.45) is 0. The number of Topliss-reactive ketones (excluding diaryl/α,β-unsaturated/α-hetero) is 1. The van der Waals surface area contributed by atoms with Crippen LogP contribution in [0.5, 0.6) is 0 Å². The Morgan fingerprint density at radius 1 is 1.04 bits per heavy atom. The molecular weight excluding hydrogens is 351 g/mol. The van der Waals surface area contributed by atoms with Crippen LogP contribution in [-0.4, -0.2) is 27.0 Å². The third-order valence-electron chi connectivity index (χ3n) is 4.94. The summed E-state index contributed by atoms with van der Waals surface area (Å²) in [5.74, 6) is -0.784. The number of amides is 1. The number of fused-ring (bicyclic) bond motifs is 3. The molecule has 2 aliphatic heterocycles. The zero-order valence-corrected chi connectivity index (χ0v) is 14.6. The largest absolute Gasteiger partial charge is 0.289 e. The molecule has 3 aliphatic rings. The highest BCUT2D eigenvalue weighted by Crippen LogP contribution is 2.49. The van der Waals surface area contributed by atoms with Gasteiger partial charge in [-0.1, -0.05) is 54.2 Å². The predicted molar refractivity (Wildman–Crippen MR) is 98.2 cm³/mol. The number of carbonyl (C=O) groups excluding carboxylic acids is 2. The van der Waals surface area contributed by atoms with Gasteiger partial charge in [0, 0.05) is 16.7 Å². The molecule has 26 heavy (non-hydrogen) atoms. The first-order valence-electron chi connectivity index (χ1n) is 8.29. The fourth-order valence-electron chi connectivity index (χ4n) is 3.75.